The summed E-state index contributed by atoms with van der Waals surface area (Å²) < 4.78 is 0. The first-order valence-corrected chi connectivity index (χ1v) is 6.51. The zero-order valence-electron chi connectivity index (χ0n) is 10.7. The molecule has 0 unspecified atom stereocenters. The molecule has 0 saturated carbocycles. The molecule has 0 aliphatic rings. The van der Waals surface area contributed by atoms with E-state index in [-0.39, 0.29) is 0 Å². The molecule has 19 heavy (non-hydrogen) atoms. The van der Waals surface area contributed by atoms with Crippen LogP contribution in [-0.4, -0.2) is 4.98 Å². The molecule has 1 nitrogen and oxygen atoms in total. The summed E-state index contributed by atoms with van der Waals surface area (Å²) in [5.74, 6) is 0. The predicted octanol–water partition coefficient (Wildman–Crippen LogP) is 4.85. The van der Waals surface area contributed by atoms with Crippen molar-refractivity contribution in [2.75, 3.05) is 0 Å². The molecule has 0 aliphatic heterocycles. The highest BCUT2D eigenvalue weighted by atomic mass is 14.7. The van der Waals surface area contributed by atoms with Gasteiger partial charge >= 0.3 is 0 Å². The van der Waals surface area contributed by atoms with Gasteiger partial charge in [-0.15, -0.1) is 0 Å². The van der Waals surface area contributed by atoms with E-state index in [1.807, 2.05) is 0 Å². The van der Waals surface area contributed by atoms with Crippen molar-refractivity contribution in [3.05, 3.63) is 66.2 Å². The fraction of sp³-hybridized carbons (Fsp3) is 0.0556. The molecular weight excluding hydrogens is 230 g/mol. The smallest absolute Gasteiger partial charge is 0.0738 e. The summed E-state index contributed by atoms with van der Waals surface area (Å²) in [4.78, 5) is 4.83. The molecule has 1 aromatic heterocycles. The molecule has 0 spiro atoms. The number of aromatic nitrogens is 1. The second-order valence-electron chi connectivity index (χ2n) is 4.99. The summed E-state index contributed by atoms with van der Waals surface area (Å²) in [6.45, 7) is 2.11. The van der Waals surface area contributed by atoms with Gasteiger partial charge in [-0.3, -0.25) is 0 Å². The Morgan fingerprint density at radius 2 is 1.58 bits per heavy atom. The molecule has 0 radical (unpaired) electrons. The minimum atomic E-state index is 1.07. The highest BCUT2D eigenvalue weighted by Gasteiger charge is 2.04. The van der Waals surface area contributed by atoms with Gasteiger partial charge in [0.05, 0.1) is 11.0 Å². The van der Waals surface area contributed by atoms with E-state index in [1.165, 1.54) is 27.1 Å². The normalized spacial score (nSPS) is 11.4. The summed E-state index contributed by atoms with van der Waals surface area (Å²) in [6, 6.07) is 21.3. The maximum Gasteiger partial charge on any atom is 0.0738 e. The molecule has 0 fully saturated rings. The number of rotatable bonds is 0. The lowest BCUT2D eigenvalue weighted by Crippen LogP contribution is -1.86. The number of hydrogen-bond donors (Lipinski definition) is 0. The van der Waals surface area contributed by atoms with Crippen LogP contribution in [0.5, 0.6) is 0 Å². The van der Waals surface area contributed by atoms with E-state index in [4.69, 9.17) is 4.98 Å². The monoisotopic (exact) mass is 243 g/mol. The minimum absolute atomic E-state index is 1.07. The predicted molar refractivity (Wildman–Crippen MR) is 81.5 cm³/mol. The van der Waals surface area contributed by atoms with Crippen LogP contribution in [0.1, 0.15) is 5.56 Å². The van der Waals surface area contributed by atoms with Crippen molar-refractivity contribution >= 4 is 32.6 Å². The van der Waals surface area contributed by atoms with Crippen LogP contribution in [0.3, 0.4) is 0 Å². The second-order valence-corrected chi connectivity index (χ2v) is 4.99. The van der Waals surface area contributed by atoms with E-state index < -0.39 is 0 Å². The van der Waals surface area contributed by atoms with Gasteiger partial charge in [-0.05, 0) is 35.4 Å². The largest absolute Gasteiger partial charge is 0.247 e. The summed E-state index contributed by atoms with van der Waals surface area (Å²) in [6.07, 6.45) is 0. The second kappa shape index (κ2) is 3.79. The highest BCUT2D eigenvalue weighted by Crippen LogP contribution is 2.28. The Morgan fingerprint density at radius 3 is 2.53 bits per heavy atom. The third-order valence-electron chi connectivity index (χ3n) is 3.75. The number of para-hydroxylation sites is 1. The van der Waals surface area contributed by atoms with Gasteiger partial charge in [0.1, 0.15) is 0 Å². The molecule has 0 saturated heterocycles. The van der Waals surface area contributed by atoms with Crippen molar-refractivity contribution in [1.29, 1.82) is 0 Å². The Balaban J connectivity index is 2.26. The Hall–Kier alpha value is -2.41. The molecule has 1 heterocycles. The first kappa shape index (κ1) is 10.5. The first-order valence-electron chi connectivity index (χ1n) is 6.51. The standard InChI is InChI=1S/C18H13N/c1-12-5-4-7-14-11-16-15-8-3-2-6-13(15)9-10-17(16)19-18(12)14/h2-11H,1H3. The van der Waals surface area contributed by atoms with Gasteiger partial charge in [0.2, 0.25) is 0 Å². The number of nitrogens with zero attached hydrogens (tertiary/aromatic N) is 1. The van der Waals surface area contributed by atoms with Crippen molar-refractivity contribution in [3.63, 3.8) is 0 Å². The van der Waals surface area contributed by atoms with Crippen LogP contribution in [0.4, 0.5) is 0 Å². The Labute approximate surface area is 111 Å². The summed E-state index contributed by atoms with van der Waals surface area (Å²) in [5, 5.41) is 4.99. The maximum absolute atomic E-state index is 4.83. The van der Waals surface area contributed by atoms with E-state index in [0.717, 1.165) is 11.0 Å². The van der Waals surface area contributed by atoms with Crippen molar-refractivity contribution in [3.8, 4) is 0 Å². The third kappa shape index (κ3) is 1.52. The SMILES string of the molecule is Cc1cccc2cc3c(ccc4ccccc43)nc12. The van der Waals surface area contributed by atoms with Gasteiger partial charge in [0.25, 0.3) is 0 Å². The number of aryl methyl sites for hydroxylation is 1. The van der Waals surface area contributed by atoms with Crippen molar-refractivity contribution in [1.82, 2.24) is 4.98 Å². The van der Waals surface area contributed by atoms with Crippen LogP contribution in [0.25, 0.3) is 32.6 Å². The van der Waals surface area contributed by atoms with E-state index >= 15 is 0 Å². The quantitative estimate of drug-likeness (QED) is 0.318. The summed E-state index contributed by atoms with van der Waals surface area (Å²) >= 11 is 0. The topological polar surface area (TPSA) is 12.9 Å². The molecule has 0 N–H and O–H groups in total. The zero-order chi connectivity index (χ0) is 12.8. The van der Waals surface area contributed by atoms with Gasteiger partial charge in [-0.1, -0.05) is 48.5 Å². The molecule has 0 aliphatic carbocycles. The average Bonchev–Trinajstić information content (AvgIpc) is 2.46. The number of benzene rings is 3. The molecule has 4 rings (SSSR count). The van der Waals surface area contributed by atoms with Crippen LogP contribution in [0.2, 0.25) is 0 Å². The van der Waals surface area contributed by atoms with Gasteiger partial charge < -0.3 is 0 Å². The van der Waals surface area contributed by atoms with Crippen LogP contribution < -0.4 is 0 Å². The number of pyridine rings is 1. The average molecular weight is 243 g/mol. The summed E-state index contributed by atoms with van der Waals surface area (Å²) in [5.41, 5.74) is 3.40. The molecule has 3 aromatic carbocycles. The van der Waals surface area contributed by atoms with Crippen molar-refractivity contribution < 1.29 is 0 Å². The Bertz CT molecular complexity index is 922. The minimum Gasteiger partial charge on any atom is -0.247 e. The van der Waals surface area contributed by atoms with Crippen molar-refractivity contribution in [2.24, 2.45) is 0 Å². The van der Waals surface area contributed by atoms with Gasteiger partial charge in [0.15, 0.2) is 0 Å². The van der Waals surface area contributed by atoms with Crippen LogP contribution >= 0.6 is 0 Å². The lowest BCUT2D eigenvalue weighted by molar-refractivity contribution is 1.43. The molecule has 0 atom stereocenters. The van der Waals surface area contributed by atoms with Gasteiger partial charge in [0, 0.05) is 10.8 Å². The van der Waals surface area contributed by atoms with Gasteiger partial charge in [-0.2, -0.15) is 0 Å². The highest BCUT2D eigenvalue weighted by molar-refractivity contribution is 6.09. The lowest BCUT2D eigenvalue weighted by Gasteiger charge is -2.07. The number of hydrogen-bond acceptors (Lipinski definition) is 1. The van der Waals surface area contributed by atoms with E-state index in [0.29, 0.717) is 0 Å². The summed E-state index contributed by atoms with van der Waals surface area (Å²) in [7, 11) is 0. The fourth-order valence-corrected chi connectivity index (χ4v) is 2.76. The molecule has 0 bridgehead atoms. The number of fused-ring (bicyclic) bond motifs is 4. The lowest BCUT2D eigenvalue weighted by atomic mass is 10.0. The van der Waals surface area contributed by atoms with Crippen LogP contribution in [0, 0.1) is 6.92 Å². The van der Waals surface area contributed by atoms with E-state index in [2.05, 4.69) is 67.6 Å². The third-order valence-corrected chi connectivity index (χ3v) is 3.75. The van der Waals surface area contributed by atoms with E-state index in [1.54, 1.807) is 0 Å². The zero-order valence-corrected chi connectivity index (χ0v) is 10.7. The van der Waals surface area contributed by atoms with Crippen LogP contribution in [-0.2, 0) is 0 Å². The molecule has 90 valence electrons. The van der Waals surface area contributed by atoms with E-state index in [9.17, 15) is 0 Å². The molecule has 4 aromatic rings. The fourth-order valence-electron chi connectivity index (χ4n) is 2.76. The van der Waals surface area contributed by atoms with Crippen LogP contribution in [0.15, 0.2) is 60.7 Å². The molecule has 1 heteroatoms. The molecular formula is C18H13N. The van der Waals surface area contributed by atoms with Gasteiger partial charge in [-0.25, -0.2) is 4.98 Å². The molecule has 0 amide bonds. The Morgan fingerprint density at radius 1 is 0.737 bits per heavy atom. The maximum atomic E-state index is 4.83. The van der Waals surface area contributed by atoms with Crippen molar-refractivity contribution in [2.45, 2.75) is 6.92 Å². The Kier molecular flexibility index (Phi) is 2.10. The first-order chi connectivity index (χ1) is 9.33.